The summed E-state index contributed by atoms with van der Waals surface area (Å²) in [7, 11) is 0. The Morgan fingerprint density at radius 2 is 1.95 bits per heavy atom. The van der Waals surface area contributed by atoms with Crippen molar-refractivity contribution in [2.75, 3.05) is 50.7 Å². The van der Waals surface area contributed by atoms with Gasteiger partial charge in [-0.2, -0.15) is 0 Å². The summed E-state index contributed by atoms with van der Waals surface area (Å²) in [5.41, 5.74) is 0. The third-order valence-electron chi connectivity index (χ3n) is 4.42. The maximum absolute atomic E-state index is 11.6. The van der Waals surface area contributed by atoms with Gasteiger partial charge in [-0.3, -0.25) is 9.69 Å². The van der Waals surface area contributed by atoms with Gasteiger partial charge >= 0.3 is 0 Å². The first kappa shape index (κ1) is 15.2. The van der Waals surface area contributed by atoms with Crippen LogP contribution in [-0.4, -0.2) is 77.7 Å². The highest BCUT2D eigenvalue weighted by atomic mass is 16.3. The van der Waals surface area contributed by atoms with E-state index in [9.17, 15) is 9.90 Å². The van der Waals surface area contributed by atoms with Crippen molar-refractivity contribution in [3.05, 3.63) is 24.4 Å². The molecule has 2 fully saturated rings. The molecule has 3 rings (SSSR count). The smallest absolute Gasteiger partial charge is 0.222 e. The monoisotopic (exact) mass is 304 g/mol. The molecular formula is C16H24N4O2. The van der Waals surface area contributed by atoms with E-state index in [0.29, 0.717) is 19.5 Å². The van der Waals surface area contributed by atoms with E-state index in [2.05, 4.69) is 14.8 Å². The molecule has 0 spiro atoms. The number of amides is 1. The molecule has 1 aromatic heterocycles. The SMILES string of the molecule is O=C1CCCN1CC(O)CN1CCN(c2ccccn2)CC1. The molecule has 2 aliphatic heterocycles. The largest absolute Gasteiger partial charge is 0.390 e. The van der Waals surface area contributed by atoms with E-state index in [1.165, 1.54) is 0 Å². The van der Waals surface area contributed by atoms with Crippen molar-refractivity contribution < 1.29 is 9.90 Å². The summed E-state index contributed by atoms with van der Waals surface area (Å²) in [5.74, 6) is 1.20. The van der Waals surface area contributed by atoms with E-state index < -0.39 is 6.10 Å². The van der Waals surface area contributed by atoms with Crippen LogP contribution in [0.3, 0.4) is 0 Å². The molecule has 0 aromatic carbocycles. The van der Waals surface area contributed by atoms with E-state index in [4.69, 9.17) is 0 Å². The van der Waals surface area contributed by atoms with Gasteiger partial charge in [0.15, 0.2) is 0 Å². The molecule has 6 nitrogen and oxygen atoms in total. The molecule has 1 aromatic rings. The van der Waals surface area contributed by atoms with Gasteiger partial charge in [0, 0.05) is 58.4 Å². The third-order valence-corrected chi connectivity index (χ3v) is 4.42. The number of hydrogen-bond donors (Lipinski definition) is 1. The lowest BCUT2D eigenvalue weighted by Gasteiger charge is -2.36. The number of aliphatic hydroxyl groups excluding tert-OH is 1. The molecule has 120 valence electrons. The fourth-order valence-corrected chi connectivity index (χ4v) is 3.21. The minimum absolute atomic E-state index is 0.180. The summed E-state index contributed by atoms with van der Waals surface area (Å²) in [6, 6.07) is 5.96. The minimum atomic E-state index is -0.455. The lowest BCUT2D eigenvalue weighted by Crippen LogP contribution is -2.50. The Labute approximate surface area is 131 Å². The summed E-state index contributed by atoms with van der Waals surface area (Å²) in [6.45, 7) is 5.59. The standard InChI is InChI=1S/C16H24N4O2/c21-14(13-20-7-3-5-16(20)22)12-18-8-10-19(11-9-18)15-4-1-2-6-17-15/h1-2,4,6,14,21H,3,5,7-13H2. The lowest BCUT2D eigenvalue weighted by molar-refractivity contribution is -0.129. The lowest BCUT2D eigenvalue weighted by atomic mass is 10.2. The van der Waals surface area contributed by atoms with E-state index in [0.717, 1.165) is 45.0 Å². The Hall–Kier alpha value is -1.66. The Morgan fingerprint density at radius 3 is 2.59 bits per heavy atom. The predicted octanol–water partition coefficient (Wildman–Crippen LogP) is 0.187. The maximum Gasteiger partial charge on any atom is 0.222 e. The number of β-amino-alcohol motifs (C(OH)–C–C–N with tert-alkyl or cyclic N) is 1. The van der Waals surface area contributed by atoms with Crippen molar-refractivity contribution in [2.45, 2.75) is 18.9 Å². The zero-order chi connectivity index (χ0) is 15.4. The number of anilines is 1. The van der Waals surface area contributed by atoms with Crippen molar-refractivity contribution in [3.63, 3.8) is 0 Å². The molecule has 1 atom stereocenters. The van der Waals surface area contributed by atoms with Crippen LogP contribution in [0.5, 0.6) is 0 Å². The van der Waals surface area contributed by atoms with Crippen molar-refractivity contribution in [1.82, 2.24) is 14.8 Å². The van der Waals surface area contributed by atoms with Crippen molar-refractivity contribution in [1.29, 1.82) is 0 Å². The van der Waals surface area contributed by atoms with Gasteiger partial charge in [-0.05, 0) is 18.6 Å². The van der Waals surface area contributed by atoms with Gasteiger partial charge in [-0.15, -0.1) is 0 Å². The average molecular weight is 304 g/mol. The number of likely N-dealkylation sites (tertiary alicyclic amines) is 1. The highest BCUT2D eigenvalue weighted by Crippen LogP contribution is 2.14. The molecule has 0 bridgehead atoms. The molecule has 1 N–H and O–H groups in total. The molecule has 0 saturated carbocycles. The van der Waals surface area contributed by atoms with Crippen LogP contribution >= 0.6 is 0 Å². The van der Waals surface area contributed by atoms with Crippen molar-refractivity contribution in [2.24, 2.45) is 0 Å². The van der Waals surface area contributed by atoms with E-state index in [-0.39, 0.29) is 5.91 Å². The number of rotatable bonds is 5. The zero-order valence-electron chi connectivity index (χ0n) is 12.9. The van der Waals surface area contributed by atoms with Crippen molar-refractivity contribution in [3.8, 4) is 0 Å². The van der Waals surface area contributed by atoms with E-state index in [1.54, 1.807) is 4.90 Å². The number of aliphatic hydroxyl groups is 1. The van der Waals surface area contributed by atoms with Crippen LogP contribution in [0, 0.1) is 0 Å². The second kappa shape index (κ2) is 7.07. The summed E-state index contributed by atoms with van der Waals surface area (Å²) < 4.78 is 0. The van der Waals surface area contributed by atoms with Gasteiger partial charge in [0.05, 0.1) is 6.10 Å². The Balaban J connectivity index is 1.42. The first-order valence-corrected chi connectivity index (χ1v) is 8.06. The fourth-order valence-electron chi connectivity index (χ4n) is 3.21. The second-order valence-corrected chi connectivity index (χ2v) is 6.07. The molecule has 22 heavy (non-hydrogen) atoms. The number of nitrogens with zero attached hydrogens (tertiary/aromatic N) is 4. The Kier molecular flexibility index (Phi) is 4.90. The first-order valence-electron chi connectivity index (χ1n) is 8.06. The summed E-state index contributed by atoms with van der Waals surface area (Å²) >= 11 is 0. The van der Waals surface area contributed by atoms with Crippen LogP contribution in [0.2, 0.25) is 0 Å². The molecule has 6 heteroatoms. The molecule has 2 saturated heterocycles. The summed E-state index contributed by atoms with van der Waals surface area (Å²) in [5, 5.41) is 10.2. The third kappa shape index (κ3) is 3.75. The second-order valence-electron chi connectivity index (χ2n) is 6.07. The van der Waals surface area contributed by atoms with E-state index in [1.807, 2.05) is 24.4 Å². The predicted molar refractivity (Wildman–Crippen MR) is 84.7 cm³/mol. The van der Waals surface area contributed by atoms with Gasteiger partial charge in [0.25, 0.3) is 0 Å². The molecule has 1 unspecified atom stereocenters. The topological polar surface area (TPSA) is 59.9 Å². The summed E-state index contributed by atoms with van der Waals surface area (Å²) in [6.07, 6.45) is 2.92. The van der Waals surface area contributed by atoms with Crippen molar-refractivity contribution >= 4 is 11.7 Å². The number of piperazine rings is 1. The van der Waals surface area contributed by atoms with Gasteiger partial charge < -0.3 is 14.9 Å². The number of pyridine rings is 1. The minimum Gasteiger partial charge on any atom is -0.390 e. The number of carbonyl (C=O) groups excluding carboxylic acids is 1. The van der Waals surface area contributed by atoms with Crippen LogP contribution < -0.4 is 4.90 Å². The van der Waals surface area contributed by atoms with Gasteiger partial charge in [0.2, 0.25) is 5.91 Å². The molecule has 0 aliphatic carbocycles. The van der Waals surface area contributed by atoms with E-state index >= 15 is 0 Å². The van der Waals surface area contributed by atoms with Crippen LogP contribution in [0.15, 0.2) is 24.4 Å². The van der Waals surface area contributed by atoms with Crippen LogP contribution in [0.25, 0.3) is 0 Å². The zero-order valence-corrected chi connectivity index (χ0v) is 12.9. The molecule has 2 aliphatic rings. The van der Waals surface area contributed by atoms with Crippen LogP contribution in [-0.2, 0) is 4.79 Å². The molecular weight excluding hydrogens is 280 g/mol. The maximum atomic E-state index is 11.6. The number of hydrogen-bond acceptors (Lipinski definition) is 5. The molecule has 0 radical (unpaired) electrons. The highest BCUT2D eigenvalue weighted by Gasteiger charge is 2.25. The van der Waals surface area contributed by atoms with Crippen LogP contribution in [0.4, 0.5) is 5.82 Å². The van der Waals surface area contributed by atoms with Gasteiger partial charge in [-0.1, -0.05) is 6.07 Å². The molecule has 3 heterocycles. The highest BCUT2D eigenvalue weighted by molar-refractivity contribution is 5.78. The first-order chi connectivity index (χ1) is 10.7. The summed E-state index contributed by atoms with van der Waals surface area (Å²) in [4.78, 5) is 22.3. The normalized spacial score (nSPS) is 21.4. The number of aromatic nitrogens is 1. The average Bonchev–Trinajstić information content (AvgIpc) is 2.94. The van der Waals surface area contributed by atoms with Gasteiger partial charge in [-0.25, -0.2) is 4.98 Å². The van der Waals surface area contributed by atoms with Gasteiger partial charge in [0.1, 0.15) is 5.82 Å². The fraction of sp³-hybridized carbons (Fsp3) is 0.625. The van der Waals surface area contributed by atoms with Crippen LogP contribution in [0.1, 0.15) is 12.8 Å². The molecule has 1 amide bonds. The Bertz CT molecular complexity index is 488. The Morgan fingerprint density at radius 1 is 1.14 bits per heavy atom. The quantitative estimate of drug-likeness (QED) is 0.841. The number of carbonyl (C=O) groups is 1.